The van der Waals surface area contributed by atoms with Crippen molar-refractivity contribution >= 4 is 43.5 Å². The fourth-order valence-corrected chi connectivity index (χ4v) is 17.5. The molecule has 0 saturated carbocycles. The Bertz CT molecular complexity index is 2670. The van der Waals surface area contributed by atoms with Crippen molar-refractivity contribution in [1.82, 2.24) is 10.6 Å². The Hall–Kier alpha value is -3.65. The summed E-state index contributed by atoms with van der Waals surface area (Å²) in [7, 11) is -5.62. The van der Waals surface area contributed by atoms with Crippen LogP contribution in [0.4, 0.5) is 0 Å². The van der Waals surface area contributed by atoms with Gasteiger partial charge in [0.2, 0.25) is 11.8 Å². The number of carbonyl (C=O) groups is 6. The second-order valence-corrected chi connectivity index (χ2v) is 37.9. The van der Waals surface area contributed by atoms with Crippen LogP contribution in [0.15, 0.2) is 12.2 Å². The number of ether oxygens (including phenoxy) is 7. The fraction of sp³-hybridized carbons (Fsp3) is 0.920. The SMILES string of the molecule is CCCCCC/C=C\CCCCCCCC(=O)OC(CCCCCCCCCCC)CC(=O)NC1[C@H](OCC2OC(OP(=O)(O)O)C(NC(=O)CC(O)CCCCCCCCCCC)[C@@H](OC(=O)CC(O)CCCCCCCCCCC)[C@@H]2O)OC(CO)[C@@H](O)[C@@H]1OC(=O)CC(CCCCCCCCCCC)OC(=O)CCCCCCCCCCCCCCC. The highest BCUT2D eigenvalue weighted by Gasteiger charge is 2.53. The molecule has 2 amide bonds. The fourth-order valence-electron chi connectivity index (χ4n) is 17.1. The number of aliphatic hydroxyl groups is 5. The van der Waals surface area contributed by atoms with Crippen LogP contribution in [0.1, 0.15) is 491 Å². The maximum atomic E-state index is 15.1. The van der Waals surface area contributed by atoms with Crippen molar-refractivity contribution in [2.24, 2.45) is 0 Å². The van der Waals surface area contributed by atoms with Crippen molar-refractivity contribution in [2.75, 3.05) is 13.2 Å². The standard InChI is InChI=1S/C100H187N2O22P/c1-7-13-19-25-31-37-39-41-43-49-55-61-67-73-89(108)118-83(71-65-59-53-47-35-29-23-17-11-5)77-88(107)102-93-97(123-92(111)78-84(72-66-60-54-48-36-30-24-18-12-6)119-90(109)74-68-62-56-50-44-42-40-38-32-26-20-14-8-2)95(112)85(79-103)120-99(93)117-80-86-96(113)98(122-91(110)76-82(105)70-64-58-52-46-34-28-22-16-10-4)94(100(121-86)124-125(114,115)116)101-87(106)75-81(104)69-63-57-51-45-33-27-21-15-9-3/h37,39,81-86,93-100,103-105,112-113H,7-36,38,40-80H2,1-6H3,(H,101,106)(H,102,107)(H2,114,115,116)/b39-37-/t81?,82?,83?,84?,85?,86?,93?,94?,95-,96-,97-,98-,99-,100?/m1/s1. The summed E-state index contributed by atoms with van der Waals surface area (Å²) in [6.07, 6.45) is 47.5. The van der Waals surface area contributed by atoms with E-state index in [0.29, 0.717) is 51.4 Å². The van der Waals surface area contributed by atoms with Gasteiger partial charge in [0.25, 0.3) is 0 Å². The first-order valence-corrected chi connectivity index (χ1v) is 53.2. The molecule has 9 N–H and O–H groups in total. The van der Waals surface area contributed by atoms with E-state index in [0.717, 1.165) is 218 Å². The third-order valence-corrected chi connectivity index (χ3v) is 25.3. The van der Waals surface area contributed by atoms with Gasteiger partial charge in [-0.25, -0.2) is 4.57 Å². The highest BCUT2D eigenvalue weighted by molar-refractivity contribution is 7.46. The van der Waals surface area contributed by atoms with Gasteiger partial charge in [-0.2, -0.15) is 0 Å². The number of allylic oxidation sites excluding steroid dienone is 2. The smallest absolute Gasteiger partial charge is 0.462 e. The second kappa shape index (κ2) is 80.0. The molecular weight excluding hydrogens is 1610 g/mol. The number of aliphatic hydroxyl groups excluding tert-OH is 5. The van der Waals surface area contributed by atoms with E-state index in [2.05, 4.69) is 64.3 Å². The number of phosphoric ester groups is 1. The number of esters is 4. The Balaban J connectivity index is 2.71. The molecule has 0 radical (unpaired) electrons. The largest absolute Gasteiger partial charge is 0.472 e. The molecule has 2 rings (SSSR count). The first-order chi connectivity index (χ1) is 60.6. The van der Waals surface area contributed by atoms with Crippen molar-refractivity contribution in [3.63, 3.8) is 0 Å². The summed E-state index contributed by atoms with van der Waals surface area (Å²) in [5.41, 5.74) is 0. The maximum Gasteiger partial charge on any atom is 0.472 e. The summed E-state index contributed by atoms with van der Waals surface area (Å²) in [6, 6.07) is -3.57. The second-order valence-electron chi connectivity index (χ2n) is 36.7. The number of nitrogens with one attached hydrogen (secondary N) is 2. The zero-order valence-corrected chi connectivity index (χ0v) is 80.7. The summed E-state index contributed by atoms with van der Waals surface area (Å²) in [6.45, 7) is 11.4. The van der Waals surface area contributed by atoms with Crippen LogP contribution in [-0.4, -0.2) is 170 Å². The van der Waals surface area contributed by atoms with Crippen molar-refractivity contribution < 1.29 is 106 Å². The van der Waals surface area contributed by atoms with Gasteiger partial charge in [0.1, 0.15) is 48.7 Å². The van der Waals surface area contributed by atoms with E-state index in [1.54, 1.807) is 0 Å². The van der Waals surface area contributed by atoms with Gasteiger partial charge in [0, 0.05) is 12.8 Å². The Labute approximate surface area is 758 Å². The van der Waals surface area contributed by atoms with Gasteiger partial charge in [-0.1, -0.05) is 388 Å². The molecule has 2 aliphatic heterocycles. The molecule has 0 bridgehead atoms. The first-order valence-electron chi connectivity index (χ1n) is 51.6. The number of amides is 2. The molecule has 24 nitrogen and oxygen atoms in total. The zero-order chi connectivity index (χ0) is 91.4. The van der Waals surface area contributed by atoms with Crippen molar-refractivity contribution in [3.8, 4) is 0 Å². The molecule has 2 heterocycles. The summed E-state index contributed by atoms with van der Waals surface area (Å²) >= 11 is 0. The van der Waals surface area contributed by atoms with E-state index in [1.165, 1.54) is 128 Å². The molecule has 2 aliphatic rings. The number of hydrogen-bond acceptors (Lipinski definition) is 20. The molecule has 25 heteroatoms. The number of carbonyl (C=O) groups excluding carboxylic acids is 6. The van der Waals surface area contributed by atoms with Gasteiger partial charge in [-0.15, -0.1) is 0 Å². The average molecular weight is 1800 g/mol. The number of unbranched alkanes of at least 4 members (excludes halogenated alkanes) is 53. The molecule has 0 spiro atoms. The van der Waals surface area contributed by atoms with E-state index in [9.17, 15) is 63.9 Å². The van der Waals surface area contributed by atoms with E-state index in [4.69, 9.17) is 37.7 Å². The molecule has 0 aromatic heterocycles. The molecule has 0 aromatic rings. The van der Waals surface area contributed by atoms with Crippen molar-refractivity contribution in [3.05, 3.63) is 12.2 Å². The van der Waals surface area contributed by atoms with Gasteiger partial charge in [0.15, 0.2) is 24.8 Å². The van der Waals surface area contributed by atoms with E-state index in [1.807, 2.05) is 0 Å². The maximum absolute atomic E-state index is 15.1. The van der Waals surface area contributed by atoms with Gasteiger partial charge in [-0.05, 0) is 77.0 Å². The predicted molar refractivity (Wildman–Crippen MR) is 497 cm³/mol. The summed E-state index contributed by atoms with van der Waals surface area (Å²) in [5.74, 6) is -4.52. The molecule has 9 unspecified atom stereocenters. The molecule has 2 saturated heterocycles. The van der Waals surface area contributed by atoms with Gasteiger partial charge >= 0.3 is 31.7 Å². The molecule has 734 valence electrons. The Morgan fingerprint density at radius 3 is 1.01 bits per heavy atom. The lowest BCUT2D eigenvalue weighted by atomic mass is 9.95. The highest BCUT2D eigenvalue weighted by atomic mass is 31.2. The van der Waals surface area contributed by atoms with E-state index < -0.39 is 168 Å². The molecule has 0 aromatic carbocycles. The summed E-state index contributed by atoms with van der Waals surface area (Å²) < 4.78 is 61.7. The Morgan fingerprint density at radius 2 is 0.640 bits per heavy atom. The average Bonchev–Trinajstić information content (AvgIpc) is 0.785. The van der Waals surface area contributed by atoms with Crippen LogP contribution in [0.3, 0.4) is 0 Å². The minimum absolute atomic E-state index is 0.133. The van der Waals surface area contributed by atoms with E-state index >= 15 is 4.79 Å². The van der Waals surface area contributed by atoms with Gasteiger partial charge < -0.3 is 79.1 Å². The van der Waals surface area contributed by atoms with Crippen LogP contribution in [0.5, 0.6) is 0 Å². The molecule has 0 aliphatic carbocycles. The van der Waals surface area contributed by atoms with E-state index in [-0.39, 0.29) is 25.7 Å². The lowest BCUT2D eigenvalue weighted by molar-refractivity contribution is -0.298. The predicted octanol–water partition coefficient (Wildman–Crippen LogP) is 22.6. The zero-order valence-electron chi connectivity index (χ0n) is 79.9. The Kier molecular flexibility index (Phi) is 75.2. The number of rotatable bonds is 87. The normalized spacial score (nSPS) is 20.2. The Morgan fingerprint density at radius 1 is 0.352 bits per heavy atom. The third-order valence-electron chi connectivity index (χ3n) is 24.8. The van der Waals surface area contributed by atoms with Crippen LogP contribution >= 0.6 is 7.82 Å². The first kappa shape index (κ1) is 117. The summed E-state index contributed by atoms with van der Waals surface area (Å²) in [4.78, 5) is 107. The van der Waals surface area contributed by atoms with Crippen LogP contribution in [0.2, 0.25) is 0 Å². The highest BCUT2D eigenvalue weighted by Crippen LogP contribution is 2.42. The monoisotopic (exact) mass is 1800 g/mol. The minimum Gasteiger partial charge on any atom is -0.462 e. The molecule has 14 atom stereocenters. The quantitative estimate of drug-likeness (QED) is 0.00898. The van der Waals surface area contributed by atoms with Gasteiger partial charge in [0.05, 0.1) is 51.1 Å². The number of hydrogen-bond donors (Lipinski definition) is 9. The number of phosphoric acid groups is 1. The van der Waals surface area contributed by atoms with Crippen LogP contribution in [0, 0.1) is 0 Å². The summed E-state index contributed by atoms with van der Waals surface area (Å²) in [5, 5.41) is 63.8. The lowest BCUT2D eigenvalue weighted by Crippen LogP contribution is -2.67. The lowest BCUT2D eigenvalue weighted by Gasteiger charge is -2.46. The molecule has 125 heavy (non-hydrogen) atoms. The van der Waals surface area contributed by atoms with Crippen LogP contribution in [-0.2, 0) is 71.0 Å². The third kappa shape index (κ3) is 64.0. The minimum atomic E-state index is -5.62. The van der Waals surface area contributed by atoms with Crippen LogP contribution < -0.4 is 10.6 Å². The topological polar surface area (TPSA) is 359 Å². The molecular formula is C100H187N2O22P. The van der Waals surface area contributed by atoms with Gasteiger partial charge in [-0.3, -0.25) is 33.3 Å². The van der Waals surface area contributed by atoms with Crippen LogP contribution in [0.25, 0.3) is 0 Å². The van der Waals surface area contributed by atoms with Crippen molar-refractivity contribution in [1.29, 1.82) is 0 Å². The molecule has 2 fully saturated rings. The van der Waals surface area contributed by atoms with Crippen molar-refractivity contribution in [2.45, 2.75) is 577 Å².